The van der Waals surface area contributed by atoms with E-state index in [1.165, 1.54) is 35.8 Å². The fourth-order valence-corrected chi connectivity index (χ4v) is 4.95. The highest BCUT2D eigenvalue weighted by Crippen LogP contribution is 2.24. The number of hydrogen-bond donors (Lipinski definition) is 4. The molecule has 1 amide bonds. The van der Waals surface area contributed by atoms with Gasteiger partial charge in [0.1, 0.15) is 23.4 Å². The SMILES string of the molecule is CC(=O)c1ccc(S(=O)(=O)Nc2cnc3n(c2=O)[C@H](C(=O)NCc2ccc(C(=N)N)cc2)CC3)cc1. The Balaban J connectivity index is 1.51. The van der Waals surface area contributed by atoms with Crippen molar-refractivity contribution >= 4 is 33.2 Å². The maximum absolute atomic E-state index is 13.1. The molecule has 186 valence electrons. The minimum atomic E-state index is -4.13. The van der Waals surface area contributed by atoms with Gasteiger partial charge < -0.3 is 11.1 Å². The molecule has 0 fully saturated rings. The Morgan fingerprint density at radius 1 is 1.11 bits per heavy atom. The minimum absolute atomic E-state index is 0.0560. The molecule has 0 spiro atoms. The number of benzene rings is 2. The van der Waals surface area contributed by atoms with E-state index in [4.69, 9.17) is 11.1 Å². The van der Waals surface area contributed by atoms with Crippen molar-refractivity contribution in [3.63, 3.8) is 0 Å². The number of nitrogens with two attached hydrogens (primary N) is 1. The largest absolute Gasteiger partial charge is 0.384 e. The van der Waals surface area contributed by atoms with E-state index in [-0.39, 0.29) is 28.7 Å². The number of sulfonamides is 1. The molecule has 0 saturated heterocycles. The number of amidine groups is 1. The molecule has 2 heterocycles. The third kappa shape index (κ3) is 5.03. The van der Waals surface area contributed by atoms with Crippen LogP contribution in [0.4, 0.5) is 5.69 Å². The number of amides is 1. The second-order valence-corrected chi connectivity index (χ2v) is 10.0. The standard InChI is InChI=1S/C24H24N6O5S/c1-14(31)16-6-8-18(9-7-16)36(34,35)29-19-13-27-21-11-10-20(30(21)24(19)33)23(32)28-12-15-2-4-17(5-3-15)22(25)26/h2-9,13,20,29H,10-12H2,1H3,(H3,25,26)(H,28,32)/t20-/m0/s1. The van der Waals surface area contributed by atoms with E-state index >= 15 is 0 Å². The molecule has 36 heavy (non-hydrogen) atoms. The van der Waals surface area contributed by atoms with Crippen molar-refractivity contribution < 1.29 is 18.0 Å². The van der Waals surface area contributed by atoms with E-state index in [1.54, 1.807) is 24.3 Å². The van der Waals surface area contributed by atoms with Gasteiger partial charge in [0, 0.05) is 24.1 Å². The molecule has 1 atom stereocenters. The maximum atomic E-state index is 13.1. The van der Waals surface area contributed by atoms with E-state index in [0.29, 0.717) is 29.8 Å². The number of fused-ring (bicyclic) bond motifs is 1. The number of nitrogens with zero attached hydrogens (tertiary/aromatic N) is 2. The molecule has 11 nitrogen and oxygen atoms in total. The summed E-state index contributed by atoms with van der Waals surface area (Å²) < 4.78 is 29.1. The summed E-state index contributed by atoms with van der Waals surface area (Å²) in [5.41, 5.74) is 6.20. The van der Waals surface area contributed by atoms with Gasteiger partial charge in [-0.2, -0.15) is 0 Å². The van der Waals surface area contributed by atoms with Gasteiger partial charge in [0.15, 0.2) is 5.78 Å². The monoisotopic (exact) mass is 508 g/mol. The van der Waals surface area contributed by atoms with Gasteiger partial charge in [-0.15, -0.1) is 0 Å². The highest BCUT2D eigenvalue weighted by Gasteiger charge is 2.31. The molecule has 1 aliphatic rings. The molecular formula is C24H24N6O5S. The molecule has 1 aliphatic heterocycles. The number of nitrogens with one attached hydrogen (secondary N) is 3. The summed E-state index contributed by atoms with van der Waals surface area (Å²) in [7, 11) is -4.13. The van der Waals surface area contributed by atoms with E-state index in [9.17, 15) is 22.8 Å². The molecule has 0 radical (unpaired) electrons. The molecule has 3 aromatic rings. The zero-order chi connectivity index (χ0) is 26.0. The molecule has 0 unspecified atom stereocenters. The number of ketones is 1. The van der Waals surface area contributed by atoms with Crippen LogP contribution in [-0.2, 0) is 27.8 Å². The van der Waals surface area contributed by atoms with E-state index in [0.717, 1.165) is 11.8 Å². The van der Waals surface area contributed by atoms with Crippen LogP contribution in [-0.4, -0.2) is 35.5 Å². The van der Waals surface area contributed by atoms with Gasteiger partial charge in [0.25, 0.3) is 15.6 Å². The van der Waals surface area contributed by atoms with Crippen LogP contribution in [0.5, 0.6) is 0 Å². The number of rotatable bonds is 8. The Kier molecular flexibility index (Phi) is 6.71. The van der Waals surface area contributed by atoms with Crippen LogP contribution in [0, 0.1) is 5.41 Å². The van der Waals surface area contributed by atoms with Crippen LogP contribution in [0.15, 0.2) is 64.4 Å². The number of hydrogen-bond acceptors (Lipinski definition) is 7. The van der Waals surface area contributed by atoms with Crippen LogP contribution in [0.25, 0.3) is 0 Å². The van der Waals surface area contributed by atoms with Gasteiger partial charge in [-0.25, -0.2) is 13.4 Å². The number of carbonyl (C=O) groups is 2. The first-order valence-corrected chi connectivity index (χ1v) is 12.5. The first kappa shape index (κ1) is 24.8. The smallest absolute Gasteiger partial charge is 0.278 e. The molecule has 1 aromatic heterocycles. The van der Waals surface area contributed by atoms with Gasteiger partial charge in [-0.3, -0.25) is 29.1 Å². The average Bonchev–Trinajstić information content (AvgIpc) is 3.29. The molecular weight excluding hydrogens is 484 g/mol. The lowest BCUT2D eigenvalue weighted by molar-refractivity contribution is -0.124. The molecule has 12 heteroatoms. The fourth-order valence-electron chi connectivity index (χ4n) is 3.90. The average molecular weight is 509 g/mol. The van der Waals surface area contributed by atoms with Crippen molar-refractivity contribution in [1.82, 2.24) is 14.9 Å². The second-order valence-electron chi connectivity index (χ2n) is 8.33. The zero-order valence-electron chi connectivity index (χ0n) is 19.3. The number of aryl methyl sites for hydroxylation is 1. The van der Waals surface area contributed by atoms with Gasteiger partial charge in [0.2, 0.25) is 5.91 Å². The molecule has 5 N–H and O–H groups in total. The normalized spacial score (nSPS) is 14.6. The van der Waals surface area contributed by atoms with Gasteiger partial charge >= 0.3 is 0 Å². The third-order valence-electron chi connectivity index (χ3n) is 5.87. The molecule has 0 saturated carbocycles. The van der Waals surface area contributed by atoms with E-state index in [2.05, 4.69) is 15.0 Å². The Bertz CT molecular complexity index is 1510. The predicted octanol–water partition coefficient (Wildman–Crippen LogP) is 1.33. The summed E-state index contributed by atoms with van der Waals surface area (Å²) in [6.07, 6.45) is 1.88. The first-order valence-electron chi connectivity index (χ1n) is 11.0. The van der Waals surface area contributed by atoms with Gasteiger partial charge in [-0.1, -0.05) is 36.4 Å². The maximum Gasteiger partial charge on any atom is 0.278 e. The van der Waals surface area contributed by atoms with Crippen molar-refractivity contribution in [1.29, 1.82) is 5.41 Å². The second kappa shape index (κ2) is 9.74. The molecule has 0 bridgehead atoms. The minimum Gasteiger partial charge on any atom is -0.384 e. The van der Waals surface area contributed by atoms with Crippen molar-refractivity contribution in [3.05, 3.63) is 87.6 Å². The van der Waals surface area contributed by atoms with Crippen LogP contribution >= 0.6 is 0 Å². The quantitative estimate of drug-likeness (QED) is 0.201. The van der Waals surface area contributed by atoms with Gasteiger partial charge in [0.05, 0.1) is 11.1 Å². The molecule has 4 rings (SSSR count). The number of anilines is 1. The summed E-state index contributed by atoms with van der Waals surface area (Å²) in [5, 5.41) is 10.2. The molecule has 0 aliphatic carbocycles. The van der Waals surface area contributed by atoms with E-state index < -0.39 is 27.5 Å². The Hall–Kier alpha value is -4.32. The Morgan fingerprint density at radius 3 is 2.36 bits per heavy atom. The fraction of sp³-hybridized carbons (Fsp3) is 0.208. The summed E-state index contributed by atoms with van der Waals surface area (Å²) in [6.45, 7) is 1.57. The number of aromatic nitrogens is 2. The number of nitrogen functional groups attached to an aromatic ring is 1. The van der Waals surface area contributed by atoms with Crippen molar-refractivity contribution in [3.8, 4) is 0 Å². The highest BCUT2D eigenvalue weighted by molar-refractivity contribution is 7.92. The van der Waals surface area contributed by atoms with Crippen LogP contribution in [0.1, 0.15) is 46.7 Å². The predicted molar refractivity (Wildman–Crippen MR) is 132 cm³/mol. The molecule has 2 aromatic carbocycles. The first-order chi connectivity index (χ1) is 17.1. The summed E-state index contributed by atoms with van der Waals surface area (Å²) in [6, 6.07) is 11.3. The van der Waals surface area contributed by atoms with Crippen molar-refractivity contribution in [2.45, 2.75) is 37.2 Å². The number of carbonyl (C=O) groups excluding carboxylic acids is 2. The van der Waals surface area contributed by atoms with Crippen molar-refractivity contribution in [2.75, 3.05) is 4.72 Å². The van der Waals surface area contributed by atoms with Crippen LogP contribution < -0.4 is 21.3 Å². The van der Waals surface area contributed by atoms with Crippen LogP contribution in [0.3, 0.4) is 0 Å². The summed E-state index contributed by atoms with van der Waals surface area (Å²) >= 11 is 0. The topological polar surface area (TPSA) is 177 Å². The third-order valence-corrected chi connectivity index (χ3v) is 7.25. The number of Topliss-reactive ketones (excluding diaryl/α,β-unsaturated/α-hetero) is 1. The van der Waals surface area contributed by atoms with Crippen LogP contribution in [0.2, 0.25) is 0 Å². The Labute approximate surface area is 206 Å². The summed E-state index contributed by atoms with van der Waals surface area (Å²) in [5.74, 6) is -0.266. The lowest BCUT2D eigenvalue weighted by atomic mass is 10.1. The zero-order valence-corrected chi connectivity index (χ0v) is 20.1. The van der Waals surface area contributed by atoms with E-state index in [1.807, 2.05) is 0 Å². The van der Waals surface area contributed by atoms with Gasteiger partial charge in [-0.05, 0) is 31.0 Å². The lowest BCUT2D eigenvalue weighted by Gasteiger charge is -2.16. The van der Waals surface area contributed by atoms with Crippen molar-refractivity contribution in [2.24, 2.45) is 5.73 Å². The summed E-state index contributed by atoms with van der Waals surface area (Å²) in [4.78, 5) is 41.5. The Morgan fingerprint density at radius 2 is 1.75 bits per heavy atom. The lowest BCUT2D eigenvalue weighted by Crippen LogP contribution is -2.36. The highest BCUT2D eigenvalue weighted by atomic mass is 32.2.